The Morgan fingerprint density at radius 1 is 1.03 bits per heavy atom. The van der Waals surface area contributed by atoms with E-state index in [2.05, 4.69) is 16.0 Å². The third-order valence-corrected chi connectivity index (χ3v) is 7.96. The van der Waals surface area contributed by atoms with Gasteiger partial charge in [-0.2, -0.15) is 0 Å². The van der Waals surface area contributed by atoms with Gasteiger partial charge in [-0.25, -0.2) is 8.78 Å². The molecular formula is C29H40F2N4O3S. The predicted molar refractivity (Wildman–Crippen MR) is 153 cm³/mol. The molecule has 0 saturated heterocycles. The molecule has 1 fully saturated rings. The van der Waals surface area contributed by atoms with Gasteiger partial charge in [0.05, 0.1) is 5.69 Å². The third-order valence-electron chi connectivity index (χ3n) is 7.16. The summed E-state index contributed by atoms with van der Waals surface area (Å²) in [6, 6.07) is 7.16. The summed E-state index contributed by atoms with van der Waals surface area (Å²) >= 11 is 1.04. The SMILES string of the molecule is CNc1c(O)ccc(CCNCCN(C(=O)CCNCCc2cc(F)ccc2F)C2CCCCC2)c1SC=O. The van der Waals surface area contributed by atoms with Crippen molar-refractivity contribution >= 4 is 29.0 Å². The van der Waals surface area contributed by atoms with Crippen LogP contribution in [0, 0.1) is 11.6 Å². The first kappa shape index (κ1) is 30.8. The number of carbonyl (C=O) groups is 2. The zero-order valence-electron chi connectivity index (χ0n) is 22.6. The standard InChI is InChI=1S/C29H40F2N4O3S/c1-32-28-26(37)10-7-21(29(28)39-20-36)11-14-34-17-18-35(24-5-3-2-4-6-24)27(38)13-16-33-15-12-22-19-23(30)8-9-25(22)31/h7-10,19-20,24,32-34,37H,2-6,11-18H2,1H3. The van der Waals surface area contributed by atoms with Crippen molar-refractivity contribution in [2.75, 3.05) is 45.1 Å². The molecule has 0 unspecified atom stereocenters. The number of hydrogen-bond acceptors (Lipinski definition) is 7. The average Bonchev–Trinajstić information content (AvgIpc) is 2.94. The van der Waals surface area contributed by atoms with Crippen LogP contribution >= 0.6 is 11.8 Å². The quantitative estimate of drug-likeness (QED) is 0.104. The number of carbonyl (C=O) groups excluding carboxylic acids is 2. The number of rotatable bonds is 16. The number of amides is 1. The highest BCUT2D eigenvalue weighted by Gasteiger charge is 2.24. The number of phenolic OH excluding ortho intramolecular Hbond substituents is 1. The summed E-state index contributed by atoms with van der Waals surface area (Å²) in [4.78, 5) is 27.0. The number of nitrogens with one attached hydrogen (secondary N) is 3. The number of nitrogens with zero attached hydrogens (tertiary/aromatic N) is 1. The fourth-order valence-electron chi connectivity index (χ4n) is 5.11. The third kappa shape index (κ3) is 9.47. The number of aromatic hydroxyl groups is 1. The summed E-state index contributed by atoms with van der Waals surface area (Å²) in [5.41, 5.74) is 2.60. The van der Waals surface area contributed by atoms with Crippen LogP contribution in [0.2, 0.25) is 0 Å². The fraction of sp³-hybridized carbons (Fsp3) is 0.517. The van der Waals surface area contributed by atoms with Crippen LogP contribution in [0.15, 0.2) is 35.2 Å². The summed E-state index contributed by atoms with van der Waals surface area (Å²) in [6.45, 7) is 2.89. The van der Waals surface area contributed by atoms with Crippen molar-refractivity contribution in [2.45, 2.75) is 62.3 Å². The smallest absolute Gasteiger partial charge is 0.224 e. The van der Waals surface area contributed by atoms with Crippen LogP contribution in [0.1, 0.15) is 49.7 Å². The van der Waals surface area contributed by atoms with Gasteiger partial charge in [-0.3, -0.25) is 9.59 Å². The van der Waals surface area contributed by atoms with Crippen molar-refractivity contribution in [1.82, 2.24) is 15.5 Å². The summed E-state index contributed by atoms with van der Waals surface area (Å²) in [6.07, 6.45) is 6.90. The second kappa shape index (κ2) is 16.4. The molecule has 1 aliphatic carbocycles. The van der Waals surface area contributed by atoms with Crippen molar-refractivity contribution in [3.8, 4) is 5.75 Å². The van der Waals surface area contributed by atoms with E-state index in [9.17, 15) is 23.5 Å². The zero-order valence-corrected chi connectivity index (χ0v) is 23.4. The van der Waals surface area contributed by atoms with E-state index in [4.69, 9.17) is 0 Å². The molecule has 0 aliphatic heterocycles. The molecule has 0 radical (unpaired) electrons. The minimum atomic E-state index is -0.454. The summed E-state index contributed by atoms with van der Waals surface area (Å²) in [5, 5.41) is 19.7. The molecule has 0 aromatic heterocycles. The Morgan fingerprint density at radius 2 is 1.74 bits per heavy atom. The van der Waals surface area contributed by atoms with E-state index in [-0.39, 0.29) is 17.7 Å². The number of phenols is 1. The lowest BCUT2D eigenvalue weighted by Crippen LogP contribution is -2.45. The van der Waals surface area contributed by atoms with Gasteiger partial charge in [0, 0.05) is 44.0 Å². The van der Waals surface area contributed by atoms with E-state index in [1.807, 2.05) is 11.0 Å². The maximum Gasteiger partial charge on any atom is 0.224 e. The summed E-state index contributed by atoms with van der Waals surface area (Å²) < 4.78 is 27.2. The first-order valence-corrected chi connectivity index (χ1v) is 14.6. The minimum absolute atomic E-state index is 0.106. The molecule has 1 amide bonds. The van der Waals surface area contributed by atoms with E-state index in [0.29, 0.717) is 63.2 Å². The van der Waals surface area contributed by atoms with E-state index < -0.39 is 11.6 Å². The number of anilines is 1. The molecule has 0 atom stereocenters. The maximum atomic E-state index is 13.8. The van der Waals surface area contributed by atoms with Gasteiger partial charge in [0.2, 0.25) is 5.91 Å². The number of thioether (sulfide) groups is 1. The Balaban J connectivity index is 1.46. The minimum Gasteiger partial charge on any atom is -0.506 e. The van der Waals surface area contributed by atoms with Gasteiger partial charge in [0.1, 0.15) is 17.4 Å². The molecule has 2 aromatic rings. The number of hydrogen-bond donors (Lipinski definition) is 4. The van der Waals surface area contributed by atoms with E-state index in [1.165, 1.54) is 12.5 Å². The van der Waals surface area contributed by atoms with E-state index in [1.54, 1.807) is 13.1 Å². The van der Waals surface area contributed by atoms with E-state index in [0.717, 1.165) is 65.7 Å². The fourth-order valence-corrected chi connectivity index (χ4v) is 5.85. The molecule has 1 aliphatic rings. The first-order valence-electron chi connectivity index (χ1n) is 13.7. The highest BCUT2D eigenvalue weighted by Crippen LogP contribution is 2.36. The number of halogens is 2. The van der Waals surface area contributed by atoms with Gasteiger partial charge < -0.3 is 26.0 Å². The second-order valence-corrected chi connectivity index (χ2v) is 10.6. The Morgan fingerprint density at radius 3 is 2.46 bits per heavy atom. The molecule has 4 N–H and O–H groups in total. The summed E-state index contributed by atoms with van der Waals surface area (Å²) in [5.74, 6) is -0.660. The molecule has 0 bridgehead atoms. The average molecular weight is 563 g/mol. The molecule has 214 valence electrons. The Bertz CT molecular complexity index is 1080. The van der Waals surface area contributed by atoms with Crippen LogP contribution in [0.25, 0.3) is 0 Å². The molecule has 2 aromatic carbocycles. The van der Waals surface area contributed by atoms with Crippen LogP contribution in [-0.2, 0) is 22.4 Å². The van der Waals surface area contributed by atoms with Crippen LogP contribution < -0.4 is 16.0 Å². The molecule has 1 saturated carbocycles. The van der Waals surface area contributed by atoms with Gasteiger partial charge in [-0.15, -0.1) is 0 Å². The largest absolute Gasteiger partial charge is 0.506 e. The molecular weight excluding hydrogens is 522 g/mol. The highest BCUT2D eigenvalue weighted by atomic mass is 32.2. The summed E-state index contributed by atoms with van der Waals surface area (Å²) in [7, 11) is 1.71. The van der Waals surface area contributed by atoms with Gasteiger partial charge in [0.25, 0.3) is 0 Å². The monoisotopic (exact) mass is 562 g/mol. The molecule has 0 spiro atoms. The number of benzene rings is 2. The molecule has 3 rings (SSSR count). The highest BCUT2D eigenvalue weighted by molar-refractivity contribution is 8.12. The van der Waals surface area contributed by atoms with Crippen molar-refractivity contribution in [3.05, 3.63) is 53.1 Å². The van der Waals surface area contributed by atoms with Gasteiger partial charge in [-0.05, 0) is 74.2 Å². The maximum absolute atomic E-state index is 13.8. The van der Waals surface area contributed by atoms with Crippen LogP contribution in [0.5, 0.6) is 5.75 Å². The topological polar surface area (TPSA) is 93.7 Å². The Kier molecular flexibility index (Phi) is 13.0. The lowest BCUT2D eigenvalue weighted by Gasteiger charge is -2.34. The van der Waals surface area contributed by atoms with Gasteiger partial charge >= 0.3 is 0 Å². The lowest BCUT2D eigenvalue weighted by atomic mass is 9.94. The molecule has 7 nitrogen and oxygen atoms in total. The normalized spacial score (nSPS) is 13.8. The van der Waals surface area contributed by atoms with Crippen molar-refractivity contribution < 1.29 is 23.5 Å². The van der Waals surface area contributed by atoms with Gasteiger partial charge in [-0.1, -0.05) is 37.1 Å². The Hall–Kier alpha value is -2.69. The van der Waals surface area contributed by atoms with Crippen molar-refractivity contribution in [2.24, 2.45) is 0 Å². The van der Waals surface area contributed by atoms with Crippen molar-refractivity contribution in [1.29, 1.82) is 0 Å². The lowest BCUT2D eigenvalue weighted by molar-refractivity contribution is -0.134. The zero-order chi connectivity index (χ0) is 28.0. The van der Waals surface area contributed by atoms with Crippen LogP contribution in [0.4, 0.5) is 14.5 Å². The molecule has 10 heteroatoms. The second-order valence-electron chi connectivity index (χ2n) is 9.78. The Labute approximate surface area is 234 Å². The first-order chi connectivity index (χ1) is 18.9. The van der Waals surface area contributed by atoms with E-state index >= 15 is 0 Å². The molecule has 39 heavy (non-hydrogen) atoms. The predicted octanol–water partition coefficient (Wildman–Crippen LogP) is 4.51. The van der Waals surface area contributed by atoms with Crippen LogP contribution in [0.3, 0.4) is 0 Å². The van der Waals surface area contributed by atoms with Crippen molar-refractivity contribution in [3.63, 3.8) is 0 Å². The van der Waals surface area contributed by atoms with Crippen LogP contribution in [-0.4, -0.2) is 67.3 Å². The van der Waals surface area contributed by atoms with Gasteiger partial charge in [0.15, 0.2) is 5.62 Å². The molecule has 0 heterocycles.